The summed E-state index contributed by atoms with van der Waals surface area (Å²) in [5.41, 5.74) is 0.575. The molecule has 0 spiro atoms. The van der Waals surface area contributed by atoms with Crippen molar-refractivity contribution in [3.63, 3.8) is 0 Å². The maximum absolute atomic E-state index is 12.8. The second kappa shape index (κ2) is 7.68. The summed E-state index contributed by atoms with van der Waals surface area (Å²) in [6.07, 6.45) is 2.86. The van der Waals surface area contributed by atoms with Gasteiger partial charge in [0.1, 0.15) is 21.2 Å². The van der Waals surface area contributed by atoms with Crippen LogP contribution in [0.5, 0.6) is 0 Å². The van der Waals surface area contributed by atoms with Crippen molar-refractivity contribution in [2.24, 2.45) is 0 Å². The highest BCUT2D eigenvalue weighted by Gasteiger charge is 2.15. The van der Waals surface area contributed by atoms with Gasteiger partial charge >= 0.3 is 0 Å². The average molecular weight is 412 g/mol. The van der Waals surface area contributed by atoms with E-state index in [1.54, 1.807) is 11.3 Å². The fraction of sp³-hybridized carbons (Fsp3) is 0.312. The number of carbonyl (C=O) groups is 1. The molecule has 0 unspecified atom stereocenters. The van der Waals surface area contributed by atoms with Crippen molar-refractivity contribution in [3.8, 4) is 10.4 Å². The van der Waals surface area contributed by atoms with Crippen molar-refractivity contribution >= 4 is 48.6 Å². The Morgan fingerprint density at radius 1 is 1.35 bits per heavy atom. The maximum Gasteiger partial charge on any atom is 0.263 e. The number of amides is 1. The van der Waals surface area contributed by atoms with Gasteiger partial charge in [0.05, 0.1) is 17.5 Å². The first-order chi connectivity index (χ1) is 12.3. The fourth-order valence-corrected chi connectivity index (χ4v) is 4.86. The monoisotopic (exact) mass is 411 g/mol. The number of nitrogens with one attached hydrogen (secondary N) is 1. The number of thiophene rings is 2. The van der Waals surface area contributed by atoms with E-state index in [9.17, 15) is 18.0 Å². The minimum absolute atomic E-state index is 0.0137. The van der Waals surface area contributed by atoms with Crippen LogP contribution in [-0.4, -0.2) is 42.4 Å². The second-order valence-electron chi connectivity index (χ2n) is 5.82. The molecule has 0 aromatic carbocycles. The van der Waals surface area contributed by atoms with Gasteiger partial charge in [-0.05, 0) is 17.9 Å². The molecule has 0 aliphatic rings. The normalized spacial score (nSPS) is 11.7. The first kappa shape index (κ1) is 18.7. The van der Waals surface area contributed by atoms with Gasteiger partial charge in [-0.1, -0.05) is 6.07 Å². The van der Waals surface area contributed by atoms with Gasteiger partial charge in [-0.15, -0.1) is 22.7 Å². The number of fused-ring (bicyclic) bond motifs is 1. The van der Waals surface area contributed by atoms with Crippen LogP contribution in [0.1, 0.15) is 6.42 Å². The lowest BCUT2D eigenvalue weighted by atomic mass is 10.2. The Morgan fingerprint density at radius 2 is 2.15 bits per heavy atom. The number of carbonyl (C=O) groups excluding carboxylic acids is 1. The Kier molecular flexibility index (Phi) is 5.54. The zero-order valence-corrected chi connectivity index (χ0v) is 16.4. The quantitative estimate of drug-likeness (QED) is 0.597. The molecule has 0 saturated heterocycles. The predicted octanol–water partition coefficient (Wildman–Crippen LogP) is 1.74. The molecular weight excluding hydrogens is 394 g/mol. The Labute approximate surface area is 158 Å². The van der Waals surface area contributed by atoms with E-state index in [0.29, 0.717) is 16.6 Å². The van der Waals surface area contributed by atoms with E-state index in [2.05, 4.69) is 10.3 Å². The van der Waals surface area contributed by atoms with Crippen LogP contribution in [0.15, 0.2) is 34.0 Å². The van der Waals surface area contributed by atoms with Gasteiger partial charge in [-0.25, -0.2) is 13.4 Å². The third kappa shape index (κ3) is 4.37. The second-order valence-corrected chi connectivity index (χ2v) is 9.88. The van der Waals surface area contributed by atoms with Gasteiger partial charge in [0, 0.05) is 28.6 Å². The number of sulfone groups is 1. The summed E-state index contributed by atoms with van der Waals surface area (Å²) in [5.74, 6) is -0.338. The number of hydrogen-bond donors (Lipinski definition) is 1. The van der Waals surface area contributed by atoms with Crippen molar-refractivity contribution in [1.82, 2.24) is 14.9 Å². The Hall–Kier alpha value is -2.04. The molecule has 3 heterocycles. The fourth-order valence-electron chi connectivity index (χ4n) is 2.47. The highest BCUT2D eigenvalue weighted by molar-refractivity contribution is 7.90. The van der Waals surface area contributed by atoms with E-state index in [-0.39, 0.29) is 30.3 Å². The largest absolute Gasteiger partial charge is 0.355 e. The van der Waals surface area contributed by atoms with Crippen LogP contribution in [0.2, 0.25) is 0 Å². The third-order valence-corrected chi connectivity index (χ3v) is 6.50. The molecule has 3 aromatic heterocycles. The van der Waals surface area contributed by atoms with Crippen molar-refractivity contribution in [3.05, 3.63) is 39.6 Å². The summed E-state index contributed by atoms with van der Waals surface area (Å²) in [5, 5.41) is 6.99. The number of nitrogens with zero attached hydrogens (tertiary/aromatic N) is 2. The SMILES string of the molecule is CS(=O)(=O)CCCNC(=O)Cn1cnc2scc(-c3cccs3)c2c1=O. The molecule has 3 aromatic rings. The Morgan fingerprint density at radius 3 is 2.85 bits per heavy atom. The molecule has 10 heteroatoms. The minimum Gasteiger partial charge on any atom is -0.355 e. The topological polar surface area (TPSA) is 98.1 Å². The molecule has 0 aliphatic carbocycles. The van der Waals surface area contributed by atoms with Gasteiger partial charge in [0.15, 0.2) is 0 Å². The van der Waals surface area contributed by atoms with Crippen LogP contribution >= 0.6 is 22.7 Å². The molecule has 1 N–H and O–H groups in total. The lowest BCUT2D eigenvalue weighted by Gasteiger charge is -2.07. The lowest BCUT2D eigenvalue weighted by molar-refractivity contribution is -0.121. The van der Waals surface area contributed by atoms with Gasteiger partial charge in [0.25, 0.3) is 5.56 Å². The van der Waals surface area contributed by atoms with Gasteiger partial charge in [-0.2, -0.15) is 0 Å². The molecule has 3 rings (SSSR count). The molecule has 0 bridgehead atoms. The van der Waals surface area contributed by atoms with Crippen molar-refractivity contribution in [2.75, 3.05) is 18.6 Å². The van der Waals surface area contributed by atoms with Crippen LogP contribution in [0.4, 0.5) is 0 Å². The predicted molar refractivity (Wildman–Crippen MR) is 105 cm³/mol. The molecule has 0 saturated carbocycles. The zero-order valence-electron chi connectivity index (χ0n) is 14.0. The van der Waals surface area contributed by atoms with Crippen molar-refractivity contribution < 1.29 is 13.2 Å². The van der Waals surface area contributed by atoms with E-state index >= 15 is 0 Å². The molecule has 26 heavy (non-hydrogen) atoms. The summed E-state index contributed by atoms with van der Waals surface area (Å²) >= 11 is 2.94. The average Bonchev–Trinajstić information content (AvgIpc) is 3.22. The number of rotatable bonds is 7. The summed E-state index contributed by atoms with van der Waals surface area (Å²) in [7, 11) is -3.05. The Bertz CT molecular complexity index is 1080. The van der Waals surface area contributed by atoms with E-state index in [4.69, 9.17) is 0 Å². The molecular formula is C16H17N3O4S3. The van der Waals surface area contributed by atoms with Crippen molar-refractivity contribution in [1.29, 1.82) is 0 Å². The van der Waals surface area contributed by atoms with Crippen LogP contribution in [0.3, 0.4) is 0 Å². The summed E-state index contributed by atoms with van der Waals surface area (Å²) in [6.45, 7) is 0.0929. The van der Waals surface area contributed by atoms with Gasteiger partial charge in [0.2, 0.25) is 5.91 Å². The molecule has 138 valence electrons. The Balaban J connectivity index is 1.74. The molecule has 0 atom stereocenters. The smallest absolute Gasteiger partial charge is 0.263 e. The molecule has 0 aliphatic heterocycles. The first-order valence-electron chi connectivity index (χ1n) is 7.80. The van der Waals surface area contributed by atoms with Gasteiger partial charge < -0.3 is 5.32 Å². The van der Waals surface area contributed by atoms with Crippen LogP contribution in [0, 0.1) is 0 Å². The minimum atomic E-state index is -3.05. The number of aromatic nitrogens is 2. The zero-order chi connectivity index (χ0) is 18.7. The van der Waals surface area contributed by atoms with Crippen LogP contribution in [-0.2, 0) is 21.2 Å². The standard InChI is InChI=1S/C16H17N3O4S3/c1-26(22,23)7-3-5-17-13(20)8-19-10-18-15-14(16(19)21)11(9-25-15)12-4-2-6-24-12/h2,4,6,9-10H,3,5,7-8H2,1H3,(H,17,20). The van der Waals surface area contributed by atoms with E-state index in [0.717, 1.165) is 16.7 Å². The molecule has 7 nitrogen and oxygen atoms in total. The molecule has 0 fully saturated rings. The van der Waals surface area contributed by atoms with E-state index in [1.165, 1.54) is 22.2 Å². The highest BCUT2D eigenvalue weighted by Crippen LogP contribution is 2.33. The summed E-state index contributed by atoms with van der Waals surface area (Å²) < 4.78 is 23.4. The van der Waals surface area contributed by atoms with Gasteiger partial charge in [-0.3, -0.25) is 14.2 Å². The maximum atomic E-state index is 12.8. The molecule has 1 amide bonds. The highest BCUT2D eigenvalue weighted by atomic mass is 32.2. The van der Waals surface area contributed by atoms with Crippen molar-refractivity contribution in [2.45, 2.75) is 13.0 Å². The molecule has 0 radical (unpaired) electrons. The van der Waals surface area contributed by atoms with Crippen LogP contribution in [0.25, 0.3) is 20.7 Å². The number of hydrogen-bond acceptors (Lipinski definition) is 7. The first-order valence-corrected chi connectivity index (χ1v) is 11.6. The summed E-state index contributed by atoms with van der Waals surface area (Å²) in [6, 6.07) is 3.86. The third-order valence-electron chi connectivity index (χ3n) is 3.68. The van der Waals surface area contributed by atoms with E-state index in [1.807, 2.05) is 22.9 Å². The summed E-state index contributed by atoms with van der Waals surface area (Å²) in [4.78, 5) is 30.7. The lowest BCUT2D eigenvalue weighted by Crippen LogP contribution is -2.33. The van der Waals surface area contributed by atoms with E-state index < -0.39 is 9.84 Å². The van der Waals surface area contributed by atoms with Crippen LogP contribution < -0.4 is 10.9 Å².